The zero-order chi connectivity index (χ0) is 26.6. The van der Waals surface area contributed by atoms with Crippen LogP contribution in [0.25, 0.3) is 22.5 Å². The zero-order valence-corrected chi connectivity index (χ0v) is 19.9. The molecule has 36 heavy (non-hydrogen) atoms. The van der Waals surface area contributed by atoms with E-state index in [1.807, 2.05) is 0 Å². The highest BCUT2D eigenvalue weighted by Crippen LogP contribution is 2.45. The maximum absolute atomic E-state index is 14.3. The second kappa shape index (κ2) is 8.47. The van der Waals surface area contributed by atoms with Crippen molar-refractivity contribution in [2.24, 2.45) is 0 Å². The third kappa shape index (κ3) is 4.04. The van der Waals surface area contributed by atoms with Crippen LogP contribution < -0.4 is 4.74 Å². The van der Waals surface area contributed by atoms with E-state index >= 15 is 0 Å². The van der Waals surface area contributed by atoms with Gasteiger partial charge in [-0.25, -0.2) is 22.2 Å². The fourth-order valence-electron chi connectivity index (χ4n) is 3.54. The number of halogens is 5. The number of rotatable bonds is 5. The molecule has 0 aliphatic carbocycles. The SMILES string of the molecule is Cc1cc(-c2cc(S(=O)(=O)C(C)(C)C(F)(F)F)ccc2Oc2ccc(F)cc2F)c2ccnc-2n1O. The molecule has 0 radical (unpaired) electrons. The Morgan fingerprint density at radius 1 is 0.917 bits per heavy atom. The topological polar surface area (TPSA) is 81.4 Å². The van der Waals surface area contributed by atoms with E-state index < -0.39 is 43.0 Å². The maximum atomic E-state index is 14.3. The van der Waals surface area contributed by atoms with Gasteiger partial charge in [-0.1, -0.05) is 0 Å². The lowest BCUT2D eigenvalue weighted by atomic mass is 9.98. The number of ether oxygens (including phenoxy) is 1. The molecule has 6 nitrogen and oxygen atoms in total. The second-order valence-electron chi connectivity index (χ2n) is 8.54. The molecule has 2 aromatic rings. The second-order valence-corrected chi connectivity index (χ2v) is 11.0. The highest BCUT2D eigenvalue weighted by molar-refractivity contribution is 7.92. The van der Waals surface area contributed by atoms with E-state index in [1.165, 1.54) is 25.3 Å². The lowest BCUT2D eigenvalue weighted by Crippen LogP contribution is -2.46. The van der Waals surface area contributed by atoms with E-state index in [0.717, 1.165) is 35.1 Å². The van der Waals surface area contributed by atoms with Crippen LogP contribution in [-0.2, 0) is 9.84 Å². The van der Waals surface area contributed by atoms with Crippen molar-refractivity contribution in [3.63, 3.8) is 0 Å². The van der Waals surface area contributed by atoms with Crippen LogP contribution in [0, 0.1) is 18.6 Å². The fraction of sp³-hybridized carbons (Fsp3) is 0.208. The van der Waals surface area contributed by atoms with E-state index in [4.69, 9.17) is 4.74 Å². The average Bonchev–Trinajstić information content (AvgIpc) is 3.28. The van der Waals surface area contributed by atoms with Crippen LogP contribution in [0.5, 0.6) is 11.5 Å². The number of aryl methyl sites for hydroxylation is 1. The van der Waals surface area contributed by atoms with Gasteiger partial charge in [-0.3, -0.25) is 0 Å². The number of nitrogens with zero attached hydrogens (tertiary/aromatic N) is 2. The van der Waals surface area contributed by atoms with Crippen LogP contribution in [0.1, 0.15) is 19.5 Å². The Morgan fingerprint density at radius 3 is 2.22 bits per heavy atom. The van der Waals surface area contributed by atoms with Crippen molar-refractivity contribution in [3.05, 3.63) is 72.1 Å². The molecule has 0 atom stereocenters. The molecule has 0 saturated heterocycles. The molecule has 0 fully saturated rings. The molecule has 0 amide bonds. The summed E-state index contributed by atoms with van der Waals surface area (Å²) in [6.45, 7) is 2.63. The Kier molecular flexibility index (Phi) is 5.98. The van der Waals surface area contributed by atoms with Gasteiger partial charge in [-0.2, -0.15) is 17.9 Å². The van der Waals surface area contributed by atoms with Gasteiger partial charge >= 0.3 is 6.18 Å². The van der Waals surface area contributed by atoms with Crippen LogP contribution in [0.3, 0.4) is 0 Å². The monoisotopic (exact) mass is 526 g/mol. The predicted molar refractivity (Wildman–Crippen MR) is 120 cm³/mol. The summed E-state index contributed by atoms with van der Waals surface area (Å²) in [4.78, 5) is 3.39. The van der Waals surface area contributed by atoms with E-state index in [0.29, 0.717) is 25.5 Å². The third-order valence-electron chi connectivity index (χ3n) is 5.88. The predicted octanol–water partition coefficient (Wildman–Crippen LogP) is 6.39. The quantitative estimate of drug-likeness (QED) is 0.241. The van der Waals surface area contributed by atoms with E-state index in [1.54, 1.807) is 0 Å². The molecule has 2 heterocycles. The molecule has 4 rings (SSSR count). The van der Waals surface area contributed by atoms with Gasteiger partial charge in [0.2, 0.25) is 0 Å². The van der Waals surface area contributed by atoms with E-state index in [9.17, 15) is 35.6 Å². The van der Waals surface area contributed by atoms with E-state index in [2.05, 4.69) is 4.98 Å². The molecule has 2 aromatic carbocycles. The van der Waals surface area contributed by atoms with Crippen LogP contribution in [0.15, 0.2) is 59.6 Å². The standard InChI is InChI=1S/C24H19F5N2O4S/c1-13-10-17(16-8-9-30-22(16)31(13)32)18-12-15(36(33,34)23(2,3)24(27,28)29)5-7-20(18)35-21-6-4-14(25)11-19(21)26/h4-12,32H,1-3H3. The summed E-state index contributed by atoms with van der Waals surface area (Å²) in [5.41, 5.74) is 0.820. The maximum Gasteiger partial charge on any atom is 0.408 e. The molecule has 0 aromatic heterocycles. The Bertz CT molecular complexity index is 1540. The van der Waals surface area contributed by atoms with Crippen molar-refractivity contribution in [1.29, 1.82) is 0 Å². The normalized spacial score (nSPS) is 12.8. The first-order valence-electron chi connectivity index (χ1n) is 10.4. The average molecular weight is 526 g/mol. The van der Waals surface area contributed by atoms with Crippen molar-refractivity contribution in [2.45, 2.75) is 36.6 Å². The number of hydrogen-bond donors (Lipinski definition) is 1. The molecule has 0 saturated carbocycles. The zero-order valence-electron chi connectivity index (χ0n) is 19.1. The van der Waals surface area contributed by atoms with Crippen molar-refractivity contribution in [1.82, 2.24) is 9.71 Å². The number of alkyl halides is 3. The number of fused-ring (bicyclic) bond motifs is 1. The number of hydrogen-bond acceptors (Lipinski definition) is 5. The lowest BCUT2D eigenvalue weighted by molar-refractivity contribution is -0.153. The molecule has 12 heteroatoms. The first-order valence-corrected chi connectivity index (χ1v) is 11.9. The Morgan fingerprint density at radius 2 is 1.58 bits per heavy atom. The molecular formula is C24H19F5N2O4S. The number of pyridine rings is 1. The minimum absolute atomic E-state index is 0.0144. The van der Waals surface area contributed by atoms with Crippen molar-refractivity contribution < 1.29 is 40.3 Å². The third-order valence-corrected chi connectivity index (χ3v) is 8.33. The van der Waals surface area contributed by atoms with Crippen LogP contribution in [-0.4, -0.2) is 34.3 Å². The van der Waals surface area contributed by atoms with Crippen molar-refractivity contribution in [2.75, 3.05) is 0 Å². The van der Waals surface area contributed by atoms with Gasteiger partial charge in [0.15, 0.2) is 32.0 Å². The van der Waals surface area contributed by atoms with Gasteiger partial charge in [-0.05, 0) is 68.8 Å². The minimum Gasteiger partial charge on any atom is -0.454 e. The van der Waals surface area contributed by atoms with Gasteiger partial charge in [0.1, 0.15) is 11.6 Å². The highest BCUT2D eigenvalue weighted by Gasteiger charge is 2.57. The van der Waals surface area contributed by atoms with Crippen molar-refractivity contribution in [3.8, 4) is 34.0 Å². The Hall–Kier alpha value is -3.67. The minimum atomic E-state index is -5.08. The van der Waals surface area contributed by atoms with Gasteiger partial charge in [0, 0.05) is 23.4 Å². The highest BCUT2D eigenvalue weighted by atomic mass is 32.2. The van der Waals surface area contributed by atoms with Gasteiger partial charge < -0.3 is 9.94 Å². The summed E-state index contributed by atoms with van der Waals surface area (Å²) in [5.74, 6) is -2.33. The largest absolute Gasteiger partial charge is 0.454 e. The molecule has 190 valence electrons. The summed E-state index contributed by atoms with van der Waals surface area (Å²) in [5, 5.41) is 10.3. The van der Waals surface area contributed by atoms with Gasteiger partial charge in [0.25, 0.3) is 0 Å². The molecule has 1 N–H and O–H groups in total. The summed E-state index contributed by atoms with van der Waals surface area (Å²) >= 11 is 0. The smallest absolute Gasteiger partial charge is 0.408 e. The molecule has 0 bridgehead atoms. The molecular weight excluding hydrogens is 507 g/mol. The Labute approximate surface area is 202 Å². The van der Waals surface area contributed by atoms with Crippen LogP contribution in [0.4, 0.5) is 22.0 Å². The number of aromatic nitrogens is 2. The summed E-state index contributed by atoms with van der Waals surface area (Å²) < 4.78 is 98.0. The van der Waals surface area contributed by atoms with Crippen LogP contribution >= 0.6 is 0 Å². The van der Waals surface area contributed by atoms with Crippen LogP contribution in [0.2, 0.25) is 0 Å². The lowest BCUT2D eigenvalue weighted by Gasteiger charge is -2.28. The van der Waals surface area contributed by atoms with E-state index in [-0.39, 0.29) is 28.4 Å². The molecule has 2 aliphatic heterocycles. The summed E-state index contributed by atoms with van der Waals surface area (Å²) in [7, 11) is -4.96. The number of sulfone groups is 1. The Balaban J connectivity index is 1.98. The summed E-state index contributed by atoms with van der Waals surface area (Å²) in [6.07, 6.45) is -3.71. The molecule has 0 spiro atoms. The van der Waals surface area contributed by atoms with Gasteiger partial charge in [-0.15, -0.1) is 0 Å². The molecule has 0 unspecified atom stereocenters. The first kappa shape index (κ1) is 25.4. The van der Waals surface area contributed by atoms with Gasteiger partial charge in [0.05, 0.1) is 10.6 Å². The molecule has 2 aliphatic rings. The van der Waals surface area contributed by atoms with Crippen molar-refractivity contribution >= 4 is 9.84 Å². The number of benzene rings is 2. The fourth-order valence-corrected chi connectivity index (χ4v) is 4.96. The first-order chi connectivity index (χ1) is 16.6. The summed E-state index contributed by atoms with van der Waals surface area (Å²) in [6, 6.07) is 8.49.